The molecule has 2 N–H and O–H groups in total. The Balaban J connectivity index is 2.95. The van der Waals surface area contributed by atoms with E-state index in [0.717, 1.165) is 4.47 Å². The van der Waals surface area contributed by atoms with E-state index in [4.69, 9.17) is 17.3 Å². The van der Waals surface area contributed by atoms with Crippen molar-refractivity contribution in [3.63, 3.8) is 0 Å². The first-order valence-electron chi connectivity index (χ1n) is 3.15. The zero-order valence-corrected chi connectivity index (χ0v) is 8.34. The van der Waals surface area contributed by atoms with Crippen molar-refractivity contribution < 1.29 is 4.79 Å². The fourth-order valence-corrected chi connectivity index (χ4v) is 1.23. The molecule has 12 heavy (non-hydrogen) atoms. The molecule has 64 valence electrons. The van der Waals surface area contributed by atoms with Crippen LogP contribution in [-0.2, 0) is 4.79 Å². The summed E-state index contributed by atoms with van der Waals surface area (Å²) < 4.78 is 0.770. The van der Waals surface area contributed by atoms with Gasteiger partial charge in [0.25, 0.3) is 0 Å². The fourth-order valence-electron chi connectivity index (χ4n) is 0.731. The van der Waals surface area contributed by atoms with E-state index in [-0.39, 0.29) is 0 Å². The normalized spacial score (nSPS) is 12.5. The zero-order chi connectivity index (χ0) is 9.14. The molecular weight excluding hydrogens is 243 g/mol. The summed E-state index contributed by atoms with van der Waals surface area (Å²) in [5.41, 5.74) is 5.60. The number of hydrogen-bond donors (Lipinski definition) is 1. The number of pyridine rings is 1. The number of carbonyl (C=O) groups is 1. The molecule has 1 rings (SSSR count). The maximum atomic E-state index is 10.7. The minimum atomic E-state index is -0.810. The van der Waals surface area contributed by atoms with E-state index < -0.39 is 11.3 Å². The van der Waals surface area contributed by atoms with Crippen LogP contribution in [0.15, 0.2) is 22.9 Å². The molecule has 3 nitrogen and oxygen atoms in total. The molecule has 1 aromatic rings. The molecule has 1 atom stereocenters. The van der Waals surface area contributed by atoms with Gasteiger partial charge in [-0.1, -0.05) is 0 Å². The van der Waals surface area contributed by atoms with Gasteiger partial charge in [-0.3, -0.25) is 9.78 Å². The minimum absolute atomic E-state index is 0.573. The van der Waals surface area contributed by atoms with Crippen LogP contribution in [0.1, 0.15) is 10.9 Å². The van der Waals surface area contributed by atoms with Gasteiger partial charge in [-0.2, -0.15) is 0 Å². The van der Waals surface area contributed by atoms with E-state index in [1.807, 2.05) is 0 Å². The van der Waals surface area contributed by atoms with E-state index >= 15 is 0 Å². The molecule has 0 saturated heterocycles. The number of nitrogens with two attached hydrogens (primary N) is 1. The Labute approximate surface area is 83.1 Å². The second-order valence-electron chi connectivity index (χ2n) is 2.20. The average Bonchev–Trinajstić information content (AvgIpc) is 2.03. The maximum Gasteiger partial charge on any atom is 0.240 e. The lowest BCUT2D eigenvalue weighted by atomic mass is 10.2. The average molecular weight is 249 g/mol. The molecule has 1 aromatic heterocycles. The van der Waals surface area contributed by atoms with Crippen LogP contribution >= 0.6 is 27.5 Å². The van der Waals surface area contributed by atoms with Crippen LogP contribution in [-0.4, -0.2) is 10.9 Å². The van der Waals surface area contributed by atoms with Crippen LogP contribution < -0.4 is 5.73 Å². The van der Waals surface area contributed by atoms with E-state index in [2.05, 4.69) is 20.9 Å². The summed E-state index contributed by atoms with van der Waals surface area (Å²) in [6.45, 7) is 0. The maximum absolute atomic E-state index is 10.7. The third-order valence-corrected chi connectivity index (χ3v) is 2.17. The van der Waals surface area contributed by atoms with Crippen LogP contribution in [0.3, 0.4) is 0 Å². The van der Waals surface area contributed by atoms with Gasteiger partial charge in [-0.15, -0.1) is 11.6 Å². The first-order chi connectivity index (χ1) is 5.61. The first-order valence-corrected chi connectivity index (χ1v) is 4.38. The lowest BCUT2D eigenvalue weighted by Crippen LogP contribution is -2.17. The van der Waals surface area contributed by atoms with Crippen molar-refractivity contribution in [2.24, 2.45) is 5.73 Å². The summed E-state index contributed by atoms with van der Waals surface area (Å²) in [7, 11) is 0. The third kappa shape index (κ3) is 2.19. The molecule has 5 heteroatoms. The Hall–Kier alpha value is -0.610. The SMILES string of the molecule is NC(=O)C(Cl)c1cncc(Br)c1. The third-order valence-electron chi connectivity index (χ3n) is 1.27. The van der Waals surface area contributed by atoms with E-state index in [1.165, 1.54) is 6.20 Å². The Morgan fingerprint density at radius 3 is 2.83 bits per heavy atom. The van der Waals surface area contributed by atoms with Crippen molar-refractivity contribution in [3.05, 3.63) is 28.5 Å². The molecule has 0 saturated carbocycles. The minimum Gasteiger partial charge on any atom is -0.368 e. The monoisotopic (exact) mass is 248 g/mol. The van der Waals surface area contributed by atoms with Gasteiger partial charge in [0.05, 0.1) is 0 Å². The first kappa shape index (κ1) is 9.48. The van der Waals surface area contributed by atoms with Crippen molar-refractivity contribution >= 4 is 33.4 Å². The highest BCUT2D eigenvalue weighted by Gasteiger charge is 2.14. The largest absolute Gasteiger partial charge is 0.368 e. The highest BCUT2D eigenvalue weighted by molar-refractivity contribution is 9.10. The Morgan fingerprint density at radius 1 is 1.67 bits per heavy atom. The molecule has 0 bridgehead atoms. The predicted octanol–water partition coefficient (Wildman–Crippen LogP) is 1.61. The molecule has 1 amide bonds. The summed E-state index contributed by atoms with van der Waals surface area (Å²) in [4.78, 5) is 14.5. The van der Waals surface area contributed by atoms with E-state index in [0.29, 0.717) is 5.56 Å². The highest BCUT2D eigenvalue weighted by atomic mass is 79.9. The summed E-state index contributed by atoms with van der Waals surface area (Å²) in [6, 6.07) is 1.70. The molecule has 1 heterocycles. The standard InChI is InChI=1S/C7H6BrClN2O/c8-5-1-4(2-11-3-5)6(9)7(10)12/h1-3,6H,(H2,10,12). The number of halogens is 2. The Kier molecular flexibility index (Phi) is 3.05. The van der Waals surface area contributed by atoms with Crippen LogP contribution in [0, 0.1) is 0 Å². The molecular formula is C7H6BrClN2O. The predicted molar refractivity (Wildman–Crippen MR) is 49.7 cm³/mol. The lowest BCUT2D eigenvalue weighted by molar-refractivity contribution is -0.117. The molecule has 0 fully saturated rings. The van der Waals surface area contributed by atoms with Gasteiger partial charge in [0.2, 0.25) is 5.91 Å². The van der Waals surface area contributed by atoms with Crippen LogP contribution in [0.5, 0.6) is 0 Å². The Morgan fingerprint density at radius 2 is 2.33 bits per heavy atom. The van der Waals surface area contributed by atoms with Gasteiger partial charge in [-0.25, -0.2) is 0 Å². The molecule has 1 unspecified atom stereocenters. The van der Waals surface area contributed by atoms with Crippen LogP contribution in [0.4, 0.5) is 0 Å². The molecule has 0 spiro atoms. The van der Waals surface area contributed by atoms with Crippen LogP contribution in [0.2, 0.25) is 0 Å². The number of hydrogen-bond acceptors (Lipinski definition) is 2. The number of alkyl halides is 1. The van der Waals surface area contributed by atoms with Crippen molar-refractivity contribution in [1.29, 1.82) is 0 Å². The van der Waals surface area contributed by atoms with Gasteiger partial charge in [0.1, 0.15) is 5.38 Å². The molecule has 0 aliphatic carbocycles. The number of amides is 1. The van der Waals surface area contributed by atoms with Crippen molar-refractivity contribution in [3.8, 4) is 0 Å². The van der Waals surface area contributed by atoms with Gasteiger partial charge < -0.3 is 5.73 Å². The second-order valence-corrected chi connectivity index (χ2v) is 3.55. The van der Waals surface area contributed by atoms with Gasteiger partial charge in [0, 0.05) is 16.9 Å². The molecule has 0 aromatic carbocycles. The lowest BCUT2D eigenvalue weighted by Gasteiger charge is -2.03. The topological polar surface area (TPSA) is 56.0 Å². The van der Waals surface area contributed by atoms with Crippen LogP contribution in [0.25, 0.3) is 0 Å². The van der Waals surface area contributed by atoms with Gasteiger partial charge in [-0.05, 0) is 27.6 Å². The quantitative estimate of drug-likeness (QED) is 0.810. The highest BCUT2D eigenvalue weighted by Crippen LogP contribution is 2.21. The number of rotatable bonds is 2. The van der Waals surface area contributed by atoms with Crippen molar-refractivity contribution in [2.75, 3.05) is 0 Å². The summed E-state index contributed by atoms with van der Waals surface area (Å²) in [6.07, 6.45) is 3.11. The van der Waals surface area contributed by atoms with Crippen molar-refractivity contribution in [2.45, 2.75) is 5.38 Å². The molecule has 0 radical (unpaired) electrons. The molecule has 0 aliphatic heterocycles. The number of carbonyl (C=O) groups excluding carboxylic acids is 1. The number of primary amides is 1. The van der Waals surface area contributed by atoms with Crippen molar-refractivity contribution in [1.82, 2.24) is 4.98 Å². The molecule has 0 aliphatic rings. The zero-order valence-electron chi connectivity index (χ0n) is 6.00. The summed E-state index contributed by atoms with van der Waals surface area (Å²) in [5.74, 6) is -0.573. The Bertz CT molecular complexity index is 305. The van der Waals surface area contributed by atoms with E-state index in [1.54, 1.807) is 12.3 Å². The number of aromatic nitrogens is 1. The van der Waals surface area contributed by atoms with E-state index in [9.17, 15) is 4.79 Å². The summed E-state index contributed by atoms with van der Waals surface area (Å²) in [5, 5.41) is -0.810. The smallest absolute Gasteiger partial charge is 0.240 e. The second kappa shape index (κ2) is 3.87. The summed E-state index contributed by atoms with van der Waals surface area (Å²) >= 11 is 8.88. The van der Waals surface area contributed by atoms with Gasteiger partial charge in [0.15, 0.2) is 0 Å². The van der Waals surface area contributed by atoms with Gasteiger partial charge >= 0.3 is 0 Å². The number of nitrogens with zero attached hydrogens (tertiary/aromatic N) is 1. The fraction of sp³-hybridized carbons (Fsp3) is 0.143.